The third-order valence-corrected chi connectivity index (χ3v) is 5.50. The van der Waals surface area contributed by atoms with Gasteiger partial charge in [-0.3, -0.25) is 9.59 Å². The normalized spacial score (nSPS) is 15.6. The summed E-state index contributed by atoms with van der Waals surface area (Å²) in [5.74, 6) is 0.173. The number of benzene rings is 2. The second-order valence-electron chi connectivity index (χ2n) is 7.20. The van der Waals surface area contributed by atoms with Crippen molar-refractivity contribution in [2.24, 2.45) is 0 Å². The highest BCUT2D eigenvalue weighted by Gasteiger charge is 2.18. The average Bonchev–Trinajstić information content (AvgIpc) is 3.27. The van der Waals surface area contributed by atoms with Crippen molar-refractivity contribution in [3.63, 3.8) is 0 Å². The summed E-state index contributed by atoms with van der Waals surface area (Å²) in [6.45, 7) is 3.95. The molecule has 0 bridgehead atoms. The molecule has 0 spiro atoms. The number of carbonyl (C=O) groups is 2. The monoisotopic (exact) mass is 474 g/mol. The van der Waals surface area contributed by atoms with Crippen molar-refractivity contribution in [1.29, 1.82) is 0 Å². The first-order valence-corrected chi connectivity index (χ1v) is 11.1. The lowest BCUT2D eigenvalue weighted by Gasteiger charge is -2.14. The number of unbranched alkanes of at least 4 members (excludes halogenated alkanes) is 1. The van der Waals surface area contributed by atoms with Crippen LogP contribution in [-0.4, -0.2) is 37.7 Å². The zero-order valence-corrected chi connectivity index (χ0v) is 18.7. The molecular weight excluding hydrogens is 448 g/mol. The summed E-state index contributed by atoms with van der Waals surface area (Å²) < 4.78 is 12.1. The van der Waals surface area contributed by atoms with Gasteiger partial charge in [0.15, 0.2) is 0 Å². The van der Waals surface area contributed by atoms with Crippen LogP contribution in [0, 0.1) is 0 Å². The molecule has 0 aromatic heterocycles. The first-order chi connectivity index (χ1) is 14.6. The molecule has 2 N–H and O–H groups in total. The average molecular weight is 475 g/mol. The maximum atomic E-state index is 12.8. The van der Waals surface area contributed by atoms with Crippen LogP contribution in [0.1, 0.15) is 53.3 Å². The van der Waals surface area contributed by atoms with Gasteiger partial charge in [-0.2, -0.15) is 0 Å². The van der Waals surface area contributed by atoms with Crippen molar-refractivity contribution in [1.82, 2.24) is 5.32 Å². The molecular formula is C23H27BrN2O4. The number of carbonyl (C=O) groups excluding carboxylic acids is 2. The molecule has 7 heteroatoms. The Morgan fingerprint density at radius 1 is 1.20 bits per heavy atom. The van der Waals surface area contributed by atoms with Crippen molar-refractivity contribution in [2.45, 2.75) is 38.7 Å². The second-order valence-corrected chi connectivity index (χ2v) is 8.05. The number of rotatable bonds is 9. The standard InChI is InChI=1S/C23H27BrN2O4/c1-2-3-12-25-23(28)18-8-4-5-9-20(18)26-22(27)16-10-11-21(19(24)14-16)30-15-17-7-6-13-29-17/h4-5,8-11,14,17H,2-3,6-7,12-13,15H2,1H3,(H,25,28)(H,26,27). The van der Waals surface area contributed by atoms with Crippen molar-refractivity contribution in [2.75, 3.05) is 25.1 Å². The first kappa shape index (κ1) is 22.3. The van der Waals surface area contributed by atoms with E-state index in [1.54, 1.807) is 42.5 Å². The third-order valence-electron chi connectivity index (χ3n) is 4.88. The molecule has 2 amide bonds. The van der Waals surface area contributed by atoms with Crippen LogP contribution in [0.2, 0.25) is 0 Å². The lowest BCUT2D eigenvalue weighted by atomic mass is 10.1. The Bertz CT molecular complexity index is 881. The van der Waals surface area contributed by atoms with Gasteiger partial charge in [0.2, 0.25) is 0 Å². The number of nitrogens with one attached hydrogen (secondary N) is 2. The number of ether oxygens (including phenoxy) is 2. The lowest BCUT2D eigenvalue weighted by Crippen LogP contribution is -2.26. The van der Waals surface area contributed by atoms with E-state index in [0.29, 0.717) is 40.2 Å². The van der Waals surface area contributed by atoms with Gasteiger partial charge in [-0.1, -0.05) is 25.5 Å². The highest BCUT2D eigenvalue weighted by atomic mass is 79.9. The molecule has 2 aromatic rings. The first-order valence-electron chi connectivity index (χ1n) is 10.3. The minimum Gasteiger partial charge on any atom is -0.490 e. The summed E-state index contributed by atoms with van der Waals surface area (Å²) in [5, 5.41) is 5.72. The zero-order valence-electron chi connectivity index (χ0n) is 17.1. The van der Waals surface area contributed by atoms with E-state index in [1.165, 1.54) is 0 Å². The van der Waals surface area contributed by atoms with Crippen LogP contribution in [0.4, 0.5) is 5.69 Å². The van der Waals surface area contributed by atoms with Gasteiger partial charge in [0, 0.05) is 18.7 Å². The molecule has 0 radical (unpaired) electrons. The molecule has 1 saturated heterocycles. The van der Waals surface area contributed by atoms with E-state index < -0.39 is 0 Å². The molecule has 160 valence electrons. The summed E-state index contributed by atoms with van der Waals surface area (Å²) in [6.07, 6.45) is 4.10. The Hall–Kier alpha value is -2.38. The zero-order chi connectivity index (χ0) is 21.3. The number of amides is 2. The van der Waals surface area contributed by atoms with E-state index in [1.807, 2.05) is 0 Å². The number of anilines is 1. The van der Waals surface area contributed by atoms with Crippen molar-refractivity contribution in [3.05, 3.63) is 58.1 Å². The van der Waals surface area contributed by atoms with E-state index in [0.717, 1.165) is 32.3 Å². The molecule has 30 heavy (non-hydrogen) atoms. The van der Waals surface area contributed by atoms with Crippen LogP contribution in [0.15, 0.2) is 46.9 Å². The number of halogens is 1. The number of hydrogen-bond donors (Lipinski definition) is 2. The Morgan fingerprint density at radius 3 is 2.77 bits per heavy atom. The largest absolute Gasteiger partial charge is 0.490 e. The van der Waals surface area contributed by atoms with E-state index in [2.05, 4.69) is 33.5 Å². The maximum Gasteiger partial charge on any atom is 0.255 e. The Kier molecular flexibility index (Phi) is 8.28. The van der Waals surface area contributed by atoms with Gasteiger partial charge in [-0.25, -0.2) is 0 Å². The molecule has 0 saturated carbocycles. The lowest BCUT2D eigenvalue weighted by molar-refractivity contribution is 0.0677. The smallest absolute Gasteiger partial charge is 0.255 e. The van der Waals surface area contributed by atoms with E-state index in [4.69, 9.17) is 9.47 Å². The Balaban J connectivity index is 1.64. The van der Waals surface area contributed by atoms with Gasteiger partial charge in [0.1, 0.15) is 12.4 Å². The van der Waals surface area contributed by atoms with Crippen LogP contribution in [0.3, 0.4) is 0 Å². The van der Waals surface area contributed by atoms with Gasteiger partial charge in [-0.15, -0.1) is 0 Å². The molecule has 3 rings (SSSR count). The van der Waals surface area contributed by atoms with E-state index in [9.17, 15) is 9.59 Å². The van der Waals surface area contributed by atoms with Crippen LogP contribution in [0.5, 0.6) is 5.75 Å². The Labute approximate surface area is 185 Å². The second kappa shape index (κ2) is 11.1. The van der Waals surface area contributed by atoms with Crippen LogP contribution < -0.4 is 15.4 Å². The van der Waals surface area contributed by atoms with Crippen LogP contribution in [-0.2, 0) is 4.74 Å². The van der Waals surface area contributed by atoms with Crippen molar-refractivity contribution >= 4 is 33.4 Å². The molecule has 1 aliphatic rings. The molecule has 6 nitrogen and oxygen atoms in total. The van der Waals surface area contributed by atoms with E-state index >= 15 is 0 Å². The minimum absolute atomic E-state index is 0.125. The molecule has 1 atom stereocenters. The van der Waals surface area contributed by atoms with Crippen LogP contribution in [0.25, 0.3) is 0 Å². The molecule has 1 heterocycles. The predicted octanol–water partition coefficient (Wildman–Crippen LogP) is 4.79. The molecule has 1 aliphatic heterocycles. The third kappa shape index (κ3) is 6.06. The van der Waals surface area contributed by atoms with Crippen molar-refractivity contribution in [3.8, 4) is 5.75 Å². The van der Waals surface area contributed by atoms with Crippen molar-refractivity contribution < 1.29 is 19.1 Å². The molecule has 1 unspecified atom stereocenters. The quantitative estimate of drug-likeness (QED) is 0.512. The van der Waals surface area contributed by atoms with Gasteiger partial charge >= 0.3 is 0 Å². The fourth-order valence-electron chi connectivity index (χ4n) is 3.18. The summed E-state index contributed by atoms with van der Waals surface area (Å²) in [6, 6.07) is 12.2. The van der Waals surface area contributed by atoms with Crippen LogP contribution >= 0.6 is 15.9 Å². The number of hydrogen-bond acceptors (Lipinski definition) is 4. The molecule has 1 fully saturated rings. The fraction of sp³-hybridized carbons (Fsp3) is 0.391. The summed E-state index contributed by atoms with van der Waals surface area (Å²) in [4.78, 5) is 25.2. The topological polar surface area (TPSA) is 76.7 Å². The van der Waals surface area contributed by atoms with Gasteiger partial charge in [0.05, 0.1) is 21.8 Å². The molecule has 0 aliphatic carbocycles. The predicted molar refractivity (Wildman–Crippen MR) is 120 cm³/mol. The highest BCUT2D eigenvalue weighted by molar-refractivity contribution is 9.10. The van der Waals surface area contributed by atoms with E-state index in [-0.39, 0.29) is 17.9 Å². The Morgan fingerprint density at radius 2 is 2.03 bits per heavy atom. The SMILES string of the molecule is CCCCNC(=O)c1ccccc1NC(=O)c1ccc(OCC2CCCO2)c(Br)c1. The fourth-order valence-corrected chi connectivity index (χ4v) is 3.67. The summed E-state index contributed by atoms with van der Waals surface area (Å²) in [7, 11) is 0. The summed E-state index contributed by atoms with van der Waals surface area (Å²) >= 11 is 3.47. The summed E-state index contributed by atoms with van der Waals surface area (Å²) in [5.41, 5.74) is 1.39. The van der Waals surface area contributed by atoms with Gasteiger partial charge in [0.25, 0.3) is 11.8 Å². The van der Waals surface area contributed by atoms with Gasteiger partial charge in [-0.05, 0) is 65.5 Å². The van der Waals surface area contributed by atoms with Gasteiger partial charge < -0.3 is 20.1 Å². The number of para-hydroxylation sites is 1. The highest BCUT2D eigenvalue weighted by Crippen LogP contribution is 2.27. The molecule has 2 aromatic carbocycles. The minimum atomic E-state index is -0.296. The maximum absolute atomic E-state index is 12.8.